The van der Waals surface area contributed by atoms with Gasteiger partial charge in [-0.3, -0.25) is 19.9 Å². The van der Waals surface area contributed by atoms with E-state index in [1.807, 2.05) is 0 Å². The van der Waals surface area contributed by atoms with Crippen LogP contribution in [0.1, 0.15) is 20.8 Å². The van der Waals surface area contributed by atoms with Crippen LogP contribution in [0.3, 0.4) is 0 Å². The summed E-state index contributed by atoms with van der Waals surface area (Å²) in [6, 6.07) is 6.14. The van der Waals surface area contributed by atoms with Gasteiger partial charge < -0.3 is 5.32 Å². The predicted molar refractivity (Wildman–Crippen MR) is 76.5 cm³/mol. The number of aromatic nitrogens is 1. The Morgan fingerprint density at radius 2 is 2.00 bits per heavy atom. The maximum absolute atomic E-state index is 12.0. The summed E-state index contributed by atoms with van der Waals surface area (Å²) in [6.07, 6.45) is 1.54. The summed E-state index contributed by atoms with van der Waals surface area (Å²) < 4.78 is 0. The van der Waals surface area contributed by atoms with Gasteiger partial charge in [-0.15, -0.1) is 0 Å². The highest BCUT2D eigenvalue weighted by Crippen LogP contribution is 2.30. The molecule has 1 N–H and O–H groups in total. The summed E-state index contributed by atoms with van der Waals surface area (Å²) in [7, 11) is 0. The monoisotopic (exact) mass is 273 g/mol. The largest absolute Gasteiger partial charge is 0.324 e. The zero-order valence-electron chi connectivity index (χ0n) is 11.5. The molecule has 0 atom stereocenters. The third-order valence-electron chi connectivity index (χ3n) is 2.87. The van der Waals surface area contributed by atoms with E-state index in [1.165, 1.54) is 12.1 Å². The Balaban J connectivity index is 2.54. The number of fused-ring (bicyclic) bond motifs is 1. The molecule has 0 aliphatic rings. The quantitative estimate of drug-likeness (QED) is 0.672. The molecule has 0 aliphatic heterocycles. The van der Waals surface area contributed by atoms with Gasteiger partial charge in [-0.05, 0) is 18.2 Å². The molecule has 0 radical (unpaired) electrons. The molecule has 0 saturated carbocycles. The molecule has 6 heteroatoms. The third-order valence-corrected chi connectivity index (χ3v) is 2.87. The molecule has 0 aliphatic carbocycles. The minimum Gasteiger partial charge on any atom is -0.324 e. The molecule has 104 valence electrons. The van der Waals surface area contributed by atoms with Gasteiger partial charge in [0.05, 0.1) is 16.0 Å². The van der Waals surface area contributed by atoms with Gasteiger partial charge >= 0.3 is 0 Å². The molecular weight excluding hydrogens is 258 g/mol. The lowest BCUT2D eigenvalue weighted by Gasteiger charge is -2.18. The standard InChI is InChI=1S/C14H15N3O3/c1-14(2,3)13(18)16-10-6-7-11(17(19)20)9-5-4-8-15-12(9)10/h4-8H,1-3H3,(H,16,18). The normalized spacial score (nSPS) is 11.3. The summed E-state index contributed by atoms with van der Waals surface area (Å²) in [5.41, 5.74) is 0.315. The molecule has 6 nitrogen and oxygen atoms in total. The molecular formula is C14H15N3O3. The predicted octanol–water partition coefficient (Wildman–Crippen LogP) is 3.13. The van der Waals surface area contributed by atoms with E-state index in [-0.39, 0.29) is 11.6 Å². The number of carbonyl (C=O) groups is 1. The van der Waals surface area contributed by atoms with Crippen molar-refractivity contribution in [3.05, 3.63) is 40.6 Å². The van der Waals surface area contributed by atoms with Crippen LogP contribution in [0.2, 0.25) is 0 Å². The fraction of sp³-hybridized carbons (Fsp3) is 0.286. The Kier molecular flexibility index (Phi) is 3.40. The number of pyridine rings is 1. The topological polar surface area (TPSA) is 85.1 Å². The lowest BCUT2D eigenvalue weighted by molar-refractivity contribution is -0.383. The molecule has 0 spiro atoms. The van der Waals surface area contributed by atoms with Crippen molar-refractivity contribution in [1.82, 2.24) is 4.98 Å². The SMILES string of the molecule is CC(C)(C)C(=O)Nc1ccc([N+](=O)[O-])c2cccnc12. The first kappa shape index (κ1) is 13.9. The highest BCUT2D eigenvalue weighted by Gasteiger charge is 2.23. The minimum atomic E-state index is -0.553. The maximum atomic E-state index is 12.0. The van der Waals surface area contributed by atoms with Gasteiger partial charge in [0.25, 0.3) is 5.69 Å². The second kappa shape index (κ2) is 4.88. The number of rotatable bonds is 2. The Labute approximate surface area is 116 Å². The van der Waals surface area contributed by atoms with Crippen LogP contribution in [-0.4, -0.2) is 15.8 Å². The van der Waals surface area contributed by atoms with Crippen LogP contribution in [0.5, 0.6) is 0 Å². The van der Waals surface area contributed by atoms with Crippen molar-refractivity contribution in [3.63, 3.8) is 0 Å². The summed E-state index contributed by atoms with van der Waals surface area (Å²) >= 11 is 0. The average Bonchev–Trinajstić information content (AvgIpc) is 2.37. The number of benzene rings is 1. The van der Waals surface area contributed by atoms with Crippen LogP contribution in [0.15, 0.2) is 30.5 Å². The van der Waals surface area contributed by atoms with E-state index >= 15 is 0 Å². The van der Waals surface area contributed by atoms with E-state index in [0.29, 0.717) is 16.6 Å². The van der Waals surface area contributed by atoms with Crippen molar-refractivity contribution in [2.75, 3.05) is 5.32 Å². The molecule has 2 aromatic rings. The van der Waals surface area contributed by atoms with Crippen molar-refractivity contribution in [2.24, 2.45) is 5.41 Å². The smallest absolute Gasteiger partial charge is 0.278 e. The third kappa shape index (κ3) is 2.59. The fourth-order valence-corrected chi connectivity index (χ4v) is 1.73. The van der Waals surface area contributed by atoms with Crippen LogP contribution in [-0.2, 0) is 4.79 Å². The number of anilines is 1. The molecule has 1 aromatic carbocycles. The minimum absolute atomic E-state index is 0.0261. The first-order valence-corrected chi connectivity index (χ1v) is 6.14. The van der Waals surface area contributed by atoms with Crippen molar-refractivity contribution >= 4 is 28.2 Å². The van der Waals surface area contributed by atoms with Crippen molar-refractivity contribution in [1.29, 1.82) is 0 Å². The molecule has 0 saturated heterocycles. The number of nitro benzene ring substituents is 1. The number of carbonyl (C=O) groups excluding carboxylic acids is 1. The summed E-state index contributed by atoms with van der Waals surface area (Å²) in [5, 5.41) is 14.2. The molecule has 1 aromatic heterocycles. The molecule has 0 bridgehead atoms. The van der Waals surface area contributed by atoms with E-state index in [0.717, 1.165) is 0 Å². The van der Waals surface area contributed by atoms with Crippen molar-refractivity contribution < 1.29 is 9.72 Å². The number of hydrogen-bond donors (Lipinski definition) is 1. The van der Waals surface area contributed by atoms with Gasteiger partial charge in [0.1, 0.15) is 5.52 Å². The van der Waals surface area contributed by atoms with Crippen LogP contribution < -0.4 is 5.32 Å². The summed E-state index contributed by atoms with van der Waals surface area (Å²) in [6.45, 7) is 5.38. The number of nitro groups is 1. The molecule has 1 amide bonds. The number of nitrogens with one attached hydrogen (secondary N) is 1. The van der Waals surface area contributed by atoms with E-state index in [4.69, 9.17) is 0 Å². The van der Waals surface area contributed by atoms with Gasteiger partial charge in [-0.1, -0.05) is 20.8 Å². The second-order valence-corrected chi connectivity index (χ2v) is 5.49. The lowest BCUT2D eigenvalue weighted by Crippen LogP contribution is -2.27. The Morgan fingerprint density at radius 3 is 2.60 bits per heavy atom. The molecule has 0 unspecified atom stereocenters. The first-order chi connectivity index (χ1) is 9.30. The van der Waals surface area contributed by atoms with Crippen LogP contribution >= 0.6 is 0 Å². The van der Waals surface area contributed by atoms with E-state index in [9.17, 15) is 14.9 Å². The summed E-state index contributed by atoms with van der Waals surface area (Å²) in [4.78, 5) is 26.7. The van der Waals surface area contributed by atoms with Crippen LogP contribution in [0.4, 0.5) is 11.4 Å². The van der Waals surface area contributed by atoms with Gasteiger partial charge in [0, 0.05) is 17.7 Å². The molecule has 0 fully saturated rings. The fourth-order valence-electron chi connectivity index (χ4n) is 1.73. The average molecular weight is 273 g/mol. The highest BCUT2D eigenvalue weighted by atomic mass is 16.6. The Hall–Kier alpha value is -2.50. The highest BCUT2D eigenvalue weighted by molar-refractivity contribution is 6.04. The Morgan fingerprint density at radius 1 is 1.30 bits per heavy atom. The number of hydrogen-bond acceptors (Lipinski definition) is 4. The number of amides is 1. The van der Waals surface area contributed by atoms with E-state index < -0.39 is 10.3 Å². The van der Waals surface area contributed by atoms with Crippen LogP contribution in [0, 0.1) is 15.5 Å². The maximum Gasteiger partial charge on any atom is 0.278 e. The molecule has 20 heavy (non-hydrogen) atoms. The summed E-state index contributed by atoms with van der Waals surface area (Å²) in [5.74, 6) is -0.168. The second-order valence-electron chi connectivity index (χ2n) is 5.49. The van der Waals surface area contributed by atoms with E-state index in [1.54, 1.807) is 39.1 Å². The number of nitrogens with zero attached hydrogens (tertiary/aromatic N) is 2. The molecule has 2 rings (SSSR count). The van der Waals surface area contributed by atoms with Gasteiger partial charge in [0.2, 0.25) is 5.91 Å². The van der Waals surface area contributed by atoms with Gasteiger partial charge in [-0.2, -0.15) is 0 Å². The zero-order chi connectivity index (χ0) is 14.9. The van der Waals surface area contributed by atoms with Crippen molar-refractivity contribution in [3.8, 4) is 0 Å². The lowest BCUT2D eigenvalue weighted by atomic mass is 9.95. The first-order valence-electron chi connectivity index (χ1n) is 6.14. The Bertz CT molecular complexity index is 690. The van der Waals surface area contributed by atoms with Gasteiger partial charge in [-0.25, -0.2) is 0 Å². The van der Waals surface area contributed by atoms with Gasteiger partial charge in [0.15, 0.2) is 0 Å². The van der Waals surface area contributed by atoms with E-state index in [2.05, 4.69) is 10.3 Å². The molecule has 1 heterocycles. The number of non-ortho nitro benzene ring substituents is 1. The van der Waals surface area contributed by atoms with Crippen molar-refractivity contribution in [2.45, 2.75) is 20.8 Å². The van der Waals surface area contributed by atoms with Crippen LogP contribution in [0.25, 0.3) is 10.9 Å². The zero-order valence-corrected chi connectivity index (χ0v) is 11.5.